The fraction of sp³-hybridized carbons (Fsp3) is 0.263. The second-order valence-corrected chi connectivity index (χ2v) is 5.19. The van der Waals surface area contributed by atoms with E-state index in [0.29, 0.717) is 18.1 Å². The molecular formula is C19H21NO3. The predicted octanol–water partition coefficient (Wildman–Crippen LogP) is 4.25. The molecule has 1 aromatic carbocycles. The van der Waals surface area contributed by atoms with Crippen LogP contribution in [-0.2, 0) is 0 Å². The minimum atomic E-state index is -0.285. The molecule has 4 nitrogen and oxygen atoms in total. The van der Waals surface area contributed by atoms with Crippen LogP contribution in [0.1, 0.15) is 42.2 Å². The summed E-state index contributed by atoms with van der Waals surface area (Å²) in [5.41, 5.74) is 0.914. The zero-order chi connectivity index (χ0) is 16.5. The van der Waals surface area contributed by atoms with Crippen molar-refractivity contribution >= 4 is 11.9 Å². The van der Waals surface area contributed by atoms with Gasteiger partial charge in [0.25, 0.3) is 0 Å². The zero-order valence-electron chi connectivity index (χ0n) is 13.2. The number of ketones is 1. The van der Waals surface area contributed by atoms with Gasteiger partial charge in [-0.1, -0.05) is 25.8 Å². The number of hydrogen-bond donors (Lipinski definition) is 1. The number of ether oxygens (including phenoxy) is 1. The van der Waals surface area contributed by atoms with E-state index in [1.807, 2.05) is 12.1 Å². The summed E-state index contributed by atoms with van der Waals surface area (Å²) in [6.45, 7) is 2.74. The molecule has 1 aromatic heterocycles. The lowest BCUT2D eigenvalue weighted by molar-refractivity contribution is 0.104. The van der Waals surface area contributed by atoms with Crippen LogP contribution in [0.3, 0.4) is 0 Å². The molecule has 2 aromatic rings. The Kier molecular flexibility index (Phi) is 6.36. The highest BCUT2D eigenvalue weighted by Gasteiger charge is 2.10. The Morgan fingerprint density at radius 2 is 2.13 bits per heavy atom. The summed E-state index contributed by atoms with van der Waals surface area (Å²) < 4.78 is 5.62. The molecule has 4 heteroatoms. The number of rotatable bonds is 8. The van der Waals surface area contributed by atoms with Crippen molar-refractivity contribution < 1.29 is 14.6 Å². The largest absolute Gasteiger partial charge is 0.507 e. The van der Waals surface area contributed by atoms with E-state index in [9.17, 15) is 9.90 Å². The van der Waals surface area contributed by atoms with Crippen LogP contribution in [0.2, 0.25) is 0 Å². The molecule has 0 aliphatic carbocycles. The van der Waals surface area contributed by atoms with Gasteiger partial charge in [0.1, 0.15) is 11.5 Å². The van der Waals surface area contributed by atoms with Gasteiger partial charge in [-0.2, -0.15) is 0 Å². The molecule has 0 atom stereocenters. The standard InChI is InChI=1S/C19H21NO3/c1-2-3-6-13-23-16-9-11-19(22)17(14-16)18(21)10-8-15-7-4-5-12-20-15/h4-5,7-12,14,22H,2-3,6,13H2,1H3. The highest BCUT2D eigenvalue weighted by Crippen LogP contribution is 2.24. The predicted molar refractivity (Wildman–Crippen MR) is 90.7 cm³/mol. The van der Waals surface area contributed by atoms with E-state index in [-0.39, 0.29) is 17.1 Å². The number of unbranched alkanes of at least 4 members (excludes halogenated alkanes) is 2. The first kappa shape index (κ1) is 16.7. The van der Waals surface area contributed by atoms with Gasteiger partial charge in [-0.15, -0.1) is 0 Å². The summed E-state index contributed by atoms with van der Waals surface area (Å²) in [7, 11) is 0. The molecular weight excluding hydrogens is 290 g/mol. The van der Waals surface area contributed by atoms with Gasteiger partial charge in [0.05, 0.1) is 17.9 Å². The number of phenolic OH excluding ortho intramolecular Hbond substituents is 1. The molecule has 0 aliphatic heterocycles. The quantitative estimate of drug-likeness (QED) is 0.450. The lowest BCUT2D eigenvalue weighted by Gasteiger charge is -2.08. The number of pyridine rings is 1. The van der Waals surface area contributed by atoms with Gasteiger partial charge in [-0.05, 0) is 48.9 Å². The smallest absolute Gasteiger partial charge is 0.189 e. The van der Waals surface area contributed by atoms with E-state index in [4.69, 9.17) is 4.74 Å². The van der Waals surface area contributed by atoms with Gasteiger partial charge in [0.2, 0.25) is 0 Å². The van der Waals surface area contributed by atoms with Crippen molar-refractivity contribution in [2.45, 2.75) is 26.2 Å². The molecule has 0 unspecified atom stereocenters. The number of aromatic nitrogens is 1. The van der Waals surface area contributed by atoms with Gasteiger partial charge in [-0.3, -0.25) is 9.78 Å². The number of aromatic hydroxyl groups is 1. The summed E-state index contributed by atoms with van der Waals surface area (Å²) in [4.78, 5) is 16.4. The number of nitrogens with zero attached hydrogens (tertiary/aromatic N) is 1. The number of carbonyl (C=O) groups excluding carboxylic acids is 1. The molecule has 0 saturated carbocycles. The number of hydrogen-bond acceptors (Lipinski definition) is 4. The first-order chi connectivity index (χ1) is 11.2. The maximum Gasteiger partial charge on any atom is 0.189 e. The first-order valence-electron chi connectivity index (χ1n) is 7.80. The van der Waals surface area contributed by atoms with Gasteiger partial charge >= 0.3 is 0 Å². The van der Waals surface area contributed by atoms with Crippen LogP contribution in [0, 0.1) is 0 Å². The van der Waals surface area contributed by atoms with Crippen LogP contribution in [-0.4, -0.2) is 22.5 Å². The third-order valence-corrected chi connectivity index (χ3v) is 3.34. The highest BCUT2D eigenvalue weighted by molar-refractivity contribution is 6.08. The van der Waals surface area contributed by atoms with Gasteiger partial charge in [0.15, 0.2) is 5.78 Å². The molecule has 0 amide bonds. The lowest BCUT2D eigenvalue weighted by atomic mass is 10.1. The minimum absolute atomic E-state index is 0.0541. The van der Waals surface area contributed by atoms with E-state index in [1.165, 1.54) is 12.1 Å². The number of benzene rings is 1. The van der Waals surface area contributed by atoms with Crippen LogP contribution >= 0.6 is 0 Å². The molecule has 0 radical (unpaired) electrons. The number of carbonyl (C=O) groups is 1. The molecule has 0 bridgehead atoms. The van der Waals surface area contributed by atoms with E-state index in [0.717, 1.165) is 19.3 Å². The van der Waals surface area contributed by atoms with Crippen LogP contribution in [0.4, 0.5) is 0 Å². The van der Waals surface area contributed by atoms with Gasteiger partial charge < -0.3 is 9.84 Å². The first-order valence-corrected chi connectivity index (χ1v) is 7.80. The molecule has 2 rings (SSSR count). The zero-order valence-corrected chi connectivity index (χ0v) is 13.2. The minimum Gasteiger partial charge on any atom is -0.507 e. The Morgan fingerprint density at radius 3 is 2.87 bits per heavy atom. The summed E-state index contributed by atoms with van der Waals surface area (Å²) in [6.07, 6.45) is 7.89. The van der Waals surface area contributed by atoms with Crippen molar-refractivity contribution in [2.24, 2.45) is 0 Å². The van der Waals surface area contributed by atoms with Crippen LogP contribution in [0.15, 0.2) is 48.7 Å². The molecule has 23 heavy (non-hydrogen) atoms. The van der Waals surface area contributed by atoms with Crippen molar-refractivity contribution in [1.29, 1.82) is 0 Å². The Balaban J connectivity index is 2.05. The summed E-state index contributed by atoms with van der Waals surface area (Å²) in [5.74, 6) is 0.252. The maximum atomic E-state index is 12.2. The van der Waals surface area contributed by atoms with Gasteiger partial charge in [-0.25, -0.2) is 0 Å². The third-order valence-electron chi connectivity index (χ3n) is 3.34. The fourth-order valence-electron chi connectivity index (χ4n) is 2.07. The molecule has 0 fully saturated rings. The fourth-order valence-corrected chi connectivity index (χ4v) is 2.07. The van der Waals surface area contributed by atoms with E-state index in [1.54, 1.807) is 30.5 Å². The molecule has 0 aliphatic rings. The molecule has 120 valence electrons. The Hall–Kier alpha value is -2.62. The van der Waals surface area contributed by atoms with Crippen LogP contribution in [0.25, 0.3) is 6.08 Å². The third kappa shape index (κ3) is 5.25. The molecule has 1 heterocycles. The maximum absolute atomic E-state index is 12.2. The topological polar surface area (TPSA) is 59.4 Å². The van der Waals surface area contributed by atoms with Crippen LogP contribution in [0.5, 0.6) is 11.5 Å². The second-order valence-electron chi connectivity index (χ2n) is 5.19. The van der Waals surface area contributed by atoms with Crippen molar-refractivity contribution in [3.8, 4) is 11.5 Å². The normalized spacial score (nSPS) is 10.8. The van der Waals surface area contributed by atoms with Crippen LogP contribution < -0.4 is 4.74 Å². The van der Waals surface area contributed by atoms with Crippen molar-refractivity contribution in [3.63, 3.8) is 0 Å². The SMILES string of the molecule is CCCCCOc1ccc(O)c(C(=O)C=Cc2ccccn2)c1. The lowest BCUT2D eigenvalue weighted by Crippen LogP contribution is -2.00. The summed E-state index contributed by atoms with van der Waals surface area (Å²) >= 11 is 0. The second kappa shape index (κ2) is 8.73. The van der Waals surface area contributed by atoms with Crippen molar-refractivity contribution in [3.05, 3.63) is 59.9 Å². The number of allylic oxidation sites excluding steroid dienone is 1. The van der Waals surface area contributed by atoms with E-state index >= 15 is 0 Å². The molecule has 0 saturated heterocycles. The summed E-state index contributed by atoms with van der Waals surface area (Å²) in [5, 5.41) is 9.89. The average Bonchev–Trinajstić information content (AvgIpc) is 2.59. The Morgan fingerprint density at radius 1 is 1.26 bits per heavy atom. The summed E-state index contributed by atoms with van der Waals surface area (Å²) in [6, 6.07) is 10.2. The van der Waals surface area contributed by atoms with Crippen molar-refractivity contribution in [2.75, 3.05) is 6.61 Å². The Bertz CT molecular complexity index is 666. The van der Waals surface area contributed by atoms with Crippen molar-refractivity contribution in [1.82, 2.24) is 4.98 Å². The van der Waals surface area contributed by atoms with E-state index < -0.39 is 0 Å². The highest BCUT2D eigenvalue weighted by atomic mass is 16.5. The van der Waals surface area contributed by atoms with Gasteiger partial charge in [0, 0.05) is 6.20 Å². The average molecular weight is 311 g/mol. The Labute approximate surface area is 136 Å². The van der Waals surface area contributed by atoms with E-state index in [2.05, 4.69) is 11.9 Å². The number of phenols is 1. The monoisotopic (exact) mass is 311 g/mol. The molecule has 1 N–H and O–H groups in total. The molecule has 0 spiro atoms.